The molecule has 0 bridgehead atoms. The normalized spacial score (nSPS) is 16.5. The molecule has 0 aromatic heterocycles. The monoisotopic (exact) mass is 285 g/mol. The molecule has 1 aliphatic heterocycles. The van der Waals surface area contributed by atoms with Gasteiger partial charge >= 0.3 is 0 Å². The van der Waals surface area contributed by atoms with Crippen LogP contribution in [0.1, 0.15) is 10.4 Å². The number of aldehydes is 1. The second-order valence-corrected chi connectivity index (χ2v) is 5.56. The van der Waals surface area contributed by atoms with E-state index in [-0.39, 0.29) is 0 Å². The van der Waals surface area contributed by atoms with Crippen LogP contribution in [0.25, 0.3) is 0 Å². The quantitative estimate of drug-likeness (QED) is 0.780. The van der Waals surface area contributed by atoms with Gasteiger partial charge in [-0.3, -0.25) is 4.79 Å². The zero-order valence-electron chi connectivity index (χ0n) is 8.28. The number of anilines is 1. The van der Waals surface area contributed by atoms with Gasteiger partial charge in [0.2, 0.25) is 0 Å². The van der Waals surface area contributed by atoms with E-state index < -0.39 is 0 Å². The predicted molar refractivity (Wildman–Crippen MR) is 69.1 cm³/mol. The highest BCUT2D eigenvalue weighted by Gasteiger charge is 2.14. The summed E-state index contributed by atoms with van der Waals surface area (Å²) in [7, 11) is 0. The van der Waals surface area contributed by atoms with Crippen LogP contribution in [0.15, 0.2) is 22.7 Å². The van der Waals surface area contributed by atoms with E-state index in [0.29, 0.717) is 0 Å². The fourth-order valence-corrected chi connectivity index (χ4v) is 2.99. The topological polar surface area (TPSA) is 20.3 Å². The van der Waals surface area contributed by atoms with Crippen molar-refractivity contribution in [2.75, 3.05) is 29.5 Å². The van der Waals surface area contributed by atoms with Crippen molar-refractivity contribution in [1.82, 2.24) is 0 Å². The van der Waals surface area contributed by atoms with E-state index >= 15 is 0 Å². The molecule has 0 N–H and O–H groups in total. The standard InChI is InChI=1S/C11H12BrNOS/c12-10-1-2-11(9(7-10)8-14)13-3-5-15-6-4-13/h1-2,7-8H,3-6H2. The molecule has 0 radical (unpaired) electrons. The minimum atomic E-state index is 0.774. The van der Waals surface area contributed by atoms with Gasteiger partial charge in [0, 0.05) is 40.3 Å². The summed E-state index contributed by atoms with van der Waals surface area (Å²) in [6.45, 7) is 2.07. The summed E-state index contributed by atoms with van der Waals surface area (Å²) in [5, 5.41) is 0. The summed E-state index contributed by atoms with van der Waals surface area (Å²) in [4.78, 5) is 13.3. The summed E-state index contributed by atoms with van der Waals surface area (Å²) in [5.41, 5.74) is 1.84. The van der Waals surface area contributed by atoms with Gasteiger partial charge in [-0.25, -0.2) is 0 Å². The van der Waals surface area contributed by atoms with E-state index in [2.05, 4.69) is 20.8 Å². The zero-order valence-corrected chi connectivity index (χ0v) is 10.7. The highest BCUT2D eigenvalue weighted by Crippen LogP contribution is 2.25. The number of thioether (sulfide) groups is 1. The first kappa shape index (κ1) is 11.0. The first-order valence-corrected chi connectivity index (χ1v) is 6.83. The minimum absolute atomic E-state index is 0.774. The molecule has 1 aliphatic rings. The van der Waals surface area contributed by atoms with Crippen molar-refractivity contribution in [3.63, 3.8) is 0 Å². The minimum Gasteiger partial charge on any atom is -0.369 e. The van der Waals surface area contributed by atoms with E-state index in [9.17, 15) is 4.79 Å². The molecule has 1 fully saturated rings. The van der Waals surface area contributed by atoms with Crippen molar-refractivity contribution in [2.45, 2.75) is 0 Å². The third kappa shape index (κ3) is 2.55. The number of rotatable bonds is 2. The van der Waals surface area contributed by atoms with Gasteiger partial charge in [0.1, 0.15) is 0 Å². The Bertz CT molecular complexity index is 364. The molecule has 1 saturated heterocycles. The largest absolute Gasteiger partial charge is 0.369 e. The van der Waals surface area contributed by atoms with Crippen molar-refractivity contribution in [1.29, 1.82) is 0 Å². The van der Waals surface area contributed by atoms with Gasteiger partial charge in [0.15, 0.2) is 6.29 Å². The van der Waals surface area contributed by atoms with Crippen LogP contribution >= 0.6 is 27.7 Å². The van der Waals surface area contributed by atoms with Gasteiger partial charge in [-0.1, -0.05) is 15.9 Å². The van der Waals surface area contributed by atoms with Crippen LogP contribution in [0.2, 0.25) is 0 Å². The van der Waals surface area contributed by atoms with E-state index in [0.717, 1.165) is 46.6 Å². The molecule has 0 saturated carbocycles. The fourth-order valence-electron chi connectivity index (χ4n) is 1.71. The smallest absolute Gasteiger partial charge is 0.152 e. The summed E-state index contributed by atoms with van der Waals surface area (Å²) in [5.74, 6) is 2.29. The maximum absolute atomic E-state index is 11.0. The maximum atomic E-state index is 11.0. The van der Waals surface area contributed by atoms with Gasteiger partial charge in [-0.05, 0) is 18.2 Å². The van der Waals surface area contributed by atoms with Crippen LogP contribution < -0.4 is 4.90 Å². The molecule has 0 spiro atoms. The van der Waals surface area contributed by atoms with Crippen molar-refractivity contribution in [2.24, 2.45) is 0 Å². The second kappa shape index (κ2) is 5.03. The highest BCUT2D eigenvalue weighted by atomic mass is 79.9. The van der Waals surface area contributed by atoms with Gasteiger partial charge in [0.05, 0.1) is 0 Å². The van der Waals surface area contributed by atoms with Gasteiger partial charge in [0.25, 0.3) is 0 Å². The number of carbonyl (C=O) groups excluding carboxylic acids is 1. The van der Waals surface area contributed by atoms with E-state index in [1.54, 1.807) is 0 Å². The Morgan fingerprint density at radius 2 is 2.07 bits per heavy atom. The van der Waals surface area contributed by atoms with Crippen LogP contribution in [-0.2, 0) is 0 Å². The molecule has 0 aliphatic carbocycles. The predicted octanol–water partition coefficient (Wildman–Crippen LogP) is 2.81. The third-order valence-corrected chi connectivity index (χ3v) is 3.90. The molecular formula is C11H12BrNOS. The van der Waals surface area contributed by atoms with Gasteiger partial charge in [-0.15, -0.1) is 0 Å². The van der Waals surface area contributed by atoms with Crippen LogP contribution in [0.3, 0.4) is 0 Å². The number of benzene rings is 1. The van der Waals surface area contributed by atoms with Gasteiger partial charge < -0.3 is 4.90 Å². The SMILES string of the molecule is O=Cc1cc(Br)ccc1N1CCSCC1. The average molecular weight is 286 g/mol. The fraction of sp³-hybridized carbons (Fsp3) is 0.364. The first-order valence-electron chi connectivity index (χ1n) is 4.88. The summed E-state index contributed by atoms with van der Waals surface area (Å²) >= 11 is 5.35. The molecule has 2 rings (SSSR count). The van der Waals surface area contributed by atoms with Crippen LogP contribution in [0.5, 0.6) is 0 Å². The third-order valence-electron chi connectivity index (χ3n) is 2.47. The molecule has 0 amide bonds. The van der Waals surface area contributed by atoms with Crippen molar-refractivity contribution >= 4 is 39.7 Å². The van der Waals surface area contributed by atoms with E-state index in [4.69, 9.17) is 0 Å². The maximum Gasteiger partial charge on any atom is 0.152 e. The summed E-state index contributed by atoms with van der Waals surface area (Å²) in [6, 6.07) is 5.89. The number of hydrogen-bond acceptors (Lipinski definition) is 3. The molecular weight excluding hydrogens is 274 g/mol. The van der Waals surface area contributed by atoms with Crippen LogP contribution in [-0.4, -0.2) is 30.9 Å². The molecule has 15 heavy (non-hydrogen) atoms. The molecule has 2 nitrogen and oxygen atoms in total. The number of nitrogens with zero attached hydrogens (tertiary/aromatic N) is 1. The highest BCUT2D eigenvalue weighted by molar-refractivity contribution is 9.10. The average Bonchev–Trinajstić information content (AvgIpc) is 2.30. The Morgan fingerprint density at radius 1 is 1.33 bits per heavy atom. The van der Waals surface area contributed by atoms with E-state index in [1.807, 2.05) is 30.0 Å². The summed E-state index contributed by atoms with van der Waals surface area (Å²) in [6.07, 6.45) is 0.932. The lowest BCUT2D eigenvalue weighted by molar-refractivity contribution is 0.112. The molecule has 1 aromatic carbocycles. The Kier molecular flexibility index (Phi) is 3.70. The second-order valence-electron chi connectivity index (χ2n) is 3.42. The Labute approximate surface area is 102 Å². The zero-order chi connectivity index (χ0) is 10.7. The Morgan fingerprint density at radius 3 is 2.73 bits per heavy atom. The van der Waals surface area contributed by atoms with Crippen molar-refractivity contribution in [3.05, 3.63) is 28.2 Å². The Balaban J connectivity index is 2.29. The first-order chi connectivity index (χ1) is 7.31. The molecule has 0 atom stereocenters. The molecule has 1 aromatic rings. The molecule has 1 heterocycles. The lowest BCUT2D eigenvalue weighted by Gasteiger charge is -2.29. The summed E-state index contributed by atoms with van der Waals surface area (Å²) < 4.78 is 0.958. The van der Waals surface area contributed by atoms with E-state index in [1.165, 1.54) is 0 Å². The van der Waals surface area contributed by atoms with Gasteiger partial charge in [-0.2, -0.15) is 11.8 Å². The number of carbonyl (C=O) groups is 1. The molecule has 4 heteroatoms. The van der Waals surface area contributed by atoms with Crippen LogP contribution in [0, 0.1) is 0 Å². The van der Waals surface area contributed by atoms with Crippen molar-refractivity contribution < 1.29 is 4.79 Å². The number of halogens is 1. The van der Waals surface area contributed by atoms with Crippen molar-refractivity contribution in [3.8, 4) is 0 Å². The lowest BCUT2D eigenvalue weighted by atomic mass is 10.1. The number of hydrogen-bond donors (Lipinski definition) is 0. The lowest BCUT2D eigenvalue weighted by Crippen LogP contribution is -2.33. The molecule has 0 unspecified atom stereocenters. The van der Waals surface area contributed by atoms with Crippen LogP contribution in [0.4, 0.5) is 5.69 Å². The molecule has 80 valence electrons. The Hall–Kier alpha value is -0.480.